The van der Waals surface area contributed by atoms with E-state index in [-0.39, 0.29) is 23.7 Å². The van der Waals surface area contributed by atoms with Crippen molar-refractivity contribution in [2.75, 3.05) is 19.6 Å². The van der Waals surface area contributed by atoms with Crippen molar-refractivity contribution in [1.82, 2.24) is 19.9 Å². The van der Waals surface area contributed by atoms with Gasteiger partial charge in [0.1, 0.15) is 0 Å². The number of likely N-dealkylation sites (tertiary alicyclic amines) is 1. The number of halogens is 1. The van der Waals surface area contributed by atoms with Gasteiger partial charge < -0.3 is 10.6 Å². The van der Waals surface area contributed by atoms with E-state index >= 15 is 0 Å². The van der Waals surface area contributed by atoms with Crippen molar-refractivity contribution in [3.63, 3.8) is 0 Å². The molecular weight excluding hydrogens is 338 g/mol. The summed E-state index contributed by atoms with van der Waals surface area (Å²) >= 11 is 0. The average molecular weight is 364 g/mol. The first-order valence-electron chi connectivity index (χ1n) is 8.38. The van der Waals surface area contributed by atoms with E-state index < -0.39 is 0 Å². The van der Waals surface area contributed by atoms with Crippen LogP contribution in [0, 0.1) is 19.3 Å². The van der Waals surface area contributed by atoms with Crippen LogP contribution in [0.1, 0.15) is 30.3 Å². The minimum Gasteiger partial charge on any atom is -0.342 e. The van der Waals surface area contributed by atoms with Crippen LogP contribution in [0.25, 0.3) is 5.69 Å². The molecule has 0 saturated carbocycles. The van der Waals surface area contributed by atoms with Gasteiger partial charge in [-0.25, -0.2) is 4.68 Å². The number of carbonyl (C=O) groups excluding carboxylic acids is 1. The molecule has 1 aliphatic rings. The molecule has 0 radical (unpaired) electrons. The van der Waals surface area contributed by atoms with Crippen molar-refractivity contribution in [3.05, 3.63) is 41.2 Å². The summed E-state index contributed by atoms with van der Waals surface area (Å²) in [6, 6.07) is 8.10. The van der Waals surface area contributed by atoms with Gasteiger partial charge in [0.25, 0.3) is 0 Å². The van der Waals surface area contributed by atoms with Crippen molar-refractivity contribution >= 4 is 18.3 Å². The van der Waals surface area contributed by atoms with E-state index in [1.165, 1.54) is 5.56 Å². The Morgan fingerprint density at radius 3 is 2.56 bits per heavy atom. The Bertz CT molecular complexity index is 742. The Hall–Kier alpha value is -1.92. The molecule has 136 valence electrons. The molecule has 0 spiro atoms. The third-order valence-corrected chi connectivity index (χ3v) is 4.99. The van der Waals surface area contributed by atoms with Crippen LogP contribution >= 0.6 is 12.4 Å². The van der Waals surface area contributed by atoms with Crippen LogP contribution in [0.5, 0.6) is 0 Å². The Kier molecular flexibility index (Phi) is 5.85. The molecule has 1 aromatic heterocycles. The fourth-order valence-electron chi connectivity index (χ4n) is 3.11. The third kappa shape index (κ3) is 4.02. The molecule has 1 atom stereocenters. The molecule has 1 amide bonds. The second-order valence-electron chi connectivity index (χ2n) is 7.13. The first kappa shape index (κ1) is 19.4. The molecule has 3 rings (SSSR count). The largest absolute Gasteiger partial charge is 0.342 e. The SMILES string of the molecule is Cc1ccc(-n2nnc(CC(=O)N3CCC(C)(CN)C3)c2C)cc1.Cl. The predicted octanol–water partition coefficient (Wildman–Crippen LogP) is 2.05. The van der Waals surface area contributed by atoms with Crippen molar-refractivity contribution in [2.45, 2.75) is 33.6 Å². The molecule has 2 heterocycles. The highest BCUT2D eigenvalue weighted by Crippen LogP contribution is 2.28. The first-order valence-corrected chi connectivity index (χ1v) is 8.38. The molecular formula is C18H26ClN5O. The summed E-state index contributed by atoms with van der Waals surface area (Å²) in [5.74, 6) is 0.103. The van der Waals surface area contributed by atoms with Crippen molar-refractivity contribution < 1.29 is 4.79 Å². The lowest BCUT2D eigenvalue weighted by atomic mass is 9.90. The summed E-state index contributed by atoms with van der Waals surface area (Å²) in [4.78, 5) is 14.5. The Morgan fingerprint density at radius 1 is 1.28 bits per heavy atom. The van der Waals surface area contributed by atoms with Gasteiger partial charge in [-0.1, -0.05) is 29.8 Å². The fourth-order valence-corrected chi connectivity index (χ4v) is 3.11. The van der Waals surface area contributed by atoms with Gasteiger partial charge in [-0.3, -0.25) is 4.79 Å². The highest BCUT2D eigenvalue weighted by Gasteiger charge is 2.35. The second-order valence-corrected chi connectivity index (χ2v) is 7.13. The monoisotopic (exact) mass is 363 g/mol. The topological polar surface area (TPSA) is 77.0 Å². The average Bonchev–Trinajstić information content (AvgIpc) is 3.13. The lowest BCUT2D eigenvalue weighted by molar-refractivity contribution is -0.129. The number of nitrogens with zero attached hydrogens (tertiary/aromatic N) is 4. The molecule has 1 unspecified atom stereocenters. The van der Waals surface area contributed by atoms with Gasteiger partial charge >= 0.3 is 0 Å². The quantitative estimate of drug-likeness (QED) is 0.901. The van der Waals surface area contributed by atoms with E-state index in [1.54, 1.807) is 4.68 Å². The summed E-state index contributed by atoms with van der Waals surface area (Å²) in [7, 11) is 0. The van der Waals surface area contributed by atoms with Crippen LogP contribution < -0.4 is 5.73 Å². The minimum absolute atomic E-state index is 0. The first-order chi connectivity index (χ1) is 11.4. The number of carbonyl (C=O) groups is 1. The smallest absolute Gasteiger partial charge is 0.228 e. The number of aryl methyl sites for hydroxylation is 1. The minimum atomic E-state index is 0. The molecule has 1 aliphatic heterocycles. The maximum absolute atomic E-state index is 12.6. The van der Waals surface area contributed by atoms with Crippen molar-refractivity contribution in [3.8, 4) is 5.69 Å². The maximum atomic E-state index is 12.6. The molecule has 0 aliphatic carbocycles. The van der Waals surface area contributed by atoms with Gasteiger partial charge in [-0.2, -0.15) is 0 Å². The van der Waals surface area contributed by atoms with E-state index in [4.69, 9.17) is 5.73 Å². The lowest BCUT2D eigenvalue weighted by Gasteiger charge is -2.22. The molecule has 1 fully saturated rings. The molecule has 7 heteroatoms. The third-order valence-electron chi connectivity index (χ3n) is 4.99. The lowest BCUT2D eigenvalue weighted by Crippen LogP contribution is -2.35. The zero-order chi connectivity index (χ0) is 17.3. The molecule has 25 heavy (non-hydrogen) atoms. The van der Waals surface area contributed by atoms with Gasteiger partial charge in [0, 0.05) is 13.1 Å². The van der Waals surface area contributed by atoms with Crippen LogP contribution in [-0.4, -0.2) is 45.4 Å². The predicted molar refractivity (Wildman–Crippen MR) is 100 cm³/mol. The highest BCUT2D eigenvalue weighted by molar-refractivity contribution is 5.85. The van der Waals surface area contributed by atoms with E-state index in [0.29, 0.717) is 13.0 Å². The molecule has 0 bridgehead atoms. The number of aromatic nitrogens is 3. The Balaban J connectivity index is 0.00000225. The summed E-state index contributed by atoms with van der Waals surface area (Å²) in [5.41, 5.74) is 9.67. The van der Waals surface area contributed by atoms with Crippen LogP contribution in [0.3, 0.4) is 0 Å². The van der Waals surface area contributed by atoms with Gasteiger partial charge in [0.05, 0.1) is 23.5 Å². The maximum Gasteiger partial charge on any atom is 0.228 e. The summed E-state index contributed by atoms with van der Waals surface area (Å²) in [6.07, 6.45) is 1.25. The molecule has 2 aromatic rings. The van der Waals surface area contributed by atoms with Gasteiger partial charge in [-0.05, 0) is 44.4 Å². The van der Waals surface area contributed by atoms with Gasteiger partial charge in [-0.15, -0.1) is 17.5 Å². The second kappa shape index (κ2) is 7.54. The van der Waals surface area contributed by atoms with Crippen LogP contribution in [-0.2, 0) is 11.2 Å². The summed E-state index contributed by atoms with van der Waals surface area (Å²) in [5, 5.41) is 8.44. The number of hydrogen-bond acceptors (Lipinski definition) is 4. The number of rotatable bonds is 4. The van der Waals surface area contributed by atoms with E-state index in [9.17, 15) is 4.79 Å². The molecule has 6 nitrogen and oxygen atoms in total. The highest BCUT2D eigenvalue weighted by atomic mass is 35.5. The molecule has 2 N–H and O–H groups in total. The van der Waals surface area contributed by atoms with Crippen molar-refractivity contribution in [2.24, 2.45) is 11.1 Å². The van der Waals surface area contributed by atoms with Crippen molar-refractivity contribution in [1.29, 1.82) is 0 Å². The van der Waals surface area contributed by atoms with Gasteiger partial charge in [0.15, 0.2) is 0 Å². The number of amides is 1. The van der Waals surface area contributed by atoms with Crippen LogP contribution in [0.4, 0.5) is 0 Å². The van der Waals surface area contributed by atoms with Crippen LogP contribution in [0.15, 0.2) is 24.3 Å². The summed E-state index contributed by atoms with van der Waals surface area (Å²) in [6.45, 7) is 8.26. The van der Waals surface area contributed by atoms with Gasteiger partial charge in [0.2, 0.25) is 5.91 Å². The van der Waals surface area contributed by atoms with Crippen LogP contribution in [0.2, 0.25) is 0 Å². The molecule has 1 saturated heterocycles. The summed E-state index contributed by atoms with van der Waals surface area (Å²) < 4.78 is 1.79. The van der Waals surface area contributed by atoms with E-state index in [1.807, 2.05) is 43.0 Å². The van der Waals surface area contributed by atoms with E-state index in [2.05, 4.69) is 17.2 Å². The standard InChI is InChI=1S/C18H25N5O.ClH/c1-13-4-6-15(7-5-13)23-14(2)16(20-21-23)10-17(24)22-9-8-18(3,11-19)12-22;/h4-7H,8-12,19H2,1-3H3;1H. The zero-order valence-electron chi connectivity index (χ0n) is 15.0. The Morgan fingerprint density at radius 2 is 1.96 bits per heavy atom. The normalized spacial score (nSPS) is 19.8. The number of benzene rings is 1. The number of nitrogens with two attached hydrogens (primary N) is 1. The zero-order valence-corrected chi connectivity index (χ0v) is 15.8. The Labute approximate surface area is 154 Å². The van der Waals surface area contributed by atoms with E-state index in [0.717, 1.165) is 36.6 Å². The number of hydrogen-bond donors (Lipinski definition) is 1. The molecule has 1 aromatic carbocycles. The fraction of sp³-hybridized carbons (Fsp3) is 0.500.